The van der Waals surface area contributed by atoms with Crippen molar-refractivity contribution in [3.05, 3.63) is 60.2 Å². The molecule has 0 aromatic heterocycles. The lowest BCUT2D eigenvalue weighted by Crippen LogP contribution is -2.28. The van der Waals surface area contributed by atoms with Gasteiger partial charge in [-0.25, -0.2) is 4.79 Å². The van der Waals surface area contributed by atoms with Gasteiger partial charge in [0.2, 0.25) is 5.91 Å². The highest BCUT2D eigenvalue weighted by atomic mass is 16.5. The SMILES string of the molecule is CC(C)C(CC(=O)N(C)c1ccc(OCC(=O)O)cc1)c1ccccc1. The summed E-state index contributed by atoms with van der Waals surface area (Å²) in [4.78, 5) is 24.9. The Labute approximate surface area is 154 Å². The second-order valence-corrected chi connectivity index (χ2v) is 6.59. The first kappa shape index (κ1) is 19.5. The quantitative estimate of drug-likeness (QED) is 0.779. The first-order valence-electron chi connectivity index (χ1n) is 8.64. The van der Waals surface area contributed by atoms with Gasteiger partial charge in [0.15, 0.2) is 6.61 Å². The van der Waals surface area contributed by atoms with E-state index in [9.17, 15) is 9.59 Å². The van der Waals surface area contributed by atoms with Crippen LogP contribution in [0.3, 0.4) is 0 Å². The zero-order valence-corrected chi connectivity index (χ0v) is 15.4. The fourth-order valence-electron chi connectivity index (χ4n) is 2.82. The molecule has 1 N–H and O–H groups in total. The highest BCUT2D eigenvalue weighted by molar-refractivity contribution is 5.93. The van der Waals surface area contributed by atoms with E-state index in [0.29, 0.717) is 18.1 Å². The van der Waals surface area contributed by atoms with Gasteiger partial charge in [0.05, 0.1) is 0 Å². The largest absolute Gasteiger partial charge is 0.482 e. The number of carbonyl (C=O) groups is 2. The molecule has 0 aliphatic rings. The molecule has 0 aliphatic carbocycles. The number of carbonyl (C=O) groups excluding carboxylic acids is 1. The summed E-state index contributed by atoms with van der Waals surface area (Å²) in [6, 6.07) is 16.9. The van der Waals surface area contributed by atoms with Gasteiger partial charge in [0.1, 0.15) is 5.75 Å². The number of carboxylic acid groups (broad SMARTS) is 1. The Morgan fingerprint density at radius 2 is 1.65 bits per heavy atom. The number of benzene rings is 2. The number of aliphatic carboxylic acids is 1. The van der Waals surface area contributed by atoms with E-state index in [4.69, 9.17) is 9.84 Å². The van der Waals surface area contributed by atoms with Gasteiger partial charge in [-0.1, -0.05) is 44.2 Å². The number of anilines is 1. The molecule has 2 aromatic rings. The highest BCUT2D eigenvalue weighted by Gasteiger charge is 2.22. The fourth-order valence-corrected chi connectivity index (χ4v) is 2.82. The van der Waals surface area contributed by atoms with Crippen LogP contribution in [-0.4, -0.2) is 30.6 Å². The lowest BCUT2D eigenvalue weighted by atomic mass is 9.85. The van der Waals surface area contributed by atoms with Crippen molar-refractivity contribution in [2.75, 3.05) is 18.6 Å². The third-order valence-electron chi connectivity index (χ3n) is 4.39. The third-order valence-corrected chi connectivity index (χ3v) is 4.39. The molecular weight excluding hydrogens is 330 g/mol. The zero-order chi connectivity index (χ0) is 19.1. The maximum absolute atomic E-state index is 12.7. The molecule has 0 radical (unpaired) electrons. The summed E-state index contributed by atoms with van der Waals surface area (Å²) in [6.45, 7) is 3.86. The molecule has 26 heavy (non-hydrogen) atoms. The predicted molar refractivity (Wildman–Crippen MR) is 102 cm³/mol. The van der Waals surface area contributed by atoms with Crippen LogP contribution in [0.5, 0.6) is 5.75 Å². The number of nitrogens with zero attached hydrogens (tertiary/aromatic N) is 1. The molecule has 0 aliphatic heterocycles. The van der Waals surface area contributed by atoms with E-state index in [1.165, 1.54) is 5.56 Å². The van der Waals surface area contributed by atoms with Crippen molar-refractivity contribution in [2.24, 2.45) is 5.92 Å². The van der Waals surface area contributed by atoms with Crippen molar-refractivity contribution < 1.29 is 19.4 Å². The Kier molecular flexibility index (Phi) is 6.78. The monoisotopic (exact) mass is 355 g/mol. The second-order valence-electron chi connectivity index (χ2n) is 6.59. The molecule has 0 saturated heterocycles. The van der Waals surface area contributed by atoms with Crippen LogP contribution in [0.2, 0.25) is 0 Å². The van der Waals surface area contributed by atoms with Crippen LogP contribution in [0.15, 0.2) is 54.6 Å². The molecule has 0 bridgehead atoms. The number of rotatable bonds is 8. The van der Waals surface area contributed by atoms with E-state index >= 15 is 0 Å². The molecule has 0 spiro atoms. The van der Waals surface area contributed by atoms with Crippen LogP contribution in [0.4, 0.5) is 5.69 Å². The van der Waals surface area contributed by atoms with Crippen molar-refractivity contribution in [1.82, 2.24) is 0 Å². The van der Waals surface area contributed by atoms with Crippen LogP contribution >= 0.6 is 0 Å². The Bertz CT molecular complexity index is 725. The minimum absolute atomic E-state index is 0.0340. The van der Waals surface area contributed by atoms with E-state index in [0.717, 1.165) is 5.69 Å². The summed E-state index contributed by atoms with van der Waals surface area (Å²) in [5.74, 6) is -0.0269. The first-order chi connectivity index (χ1) is 12.4. The maximum atomic E-state index is 12.7. The van der Waals surface area contributed by atoms with Gasteiger partial charge in [0.25, 0.3) is 0 Å². The van der Waals surface area contributed by atoms with Gasteiger partial charge in [-0.05, 0) is 41.7 Å². The molecule has 2 rings (SSSR count). The van der Waals surface area contributed by atoms with Crippen molar-refractivity contribution >= 4 is 17.6 Å². The van der Waals surface area contributed by atoms with Crippen LogP contribution < -0.4 is 9.64 Å². The molecule has 1 unspecified atom stereocenters. The molecule has 1 atom stereocenters. The number of carboxylic acids is 1. The molecule has 1 amide bonds. The summed E-state index contributed by atoms with van der Waals surface area (Å²) < 4.78 is 5.11. The number of hydrogen-bond acceptors (Lipinski definition) is 3. The smallest absolute Gasteiger partial charge is 0.341 e. The zero-order valence-electron chi connectivity index (χ0n) is 15.4. The van der Waals surface area contributed by atoms with Crippen LogP contribution in [-0.2, 0) is 9.59 Å². The predicted octanol–water partition coefficient (Wildman–Crippen LogP) is 3.94. The van der Waals surface area contributed by atoms with Crippen LogP contribution in [0, 0.1) is 5.92 Å². The summed E-state index contributed by atoms with van der Waals surface area (Å²) in [6.07, 6.45) is 0.426. The molecule has 0 saturated carbocycles. The van der Waals surface area contributed by atoms with E-state index in [-0.39, 0.29) is 18.4 Å². The molecular formula is C21H25NO4. The summed E-state index contributed by atoms with van der Waals surface area (Å²) in [5, 5.41) is 8.64. The summed E-state index contributed by atoms with van der Waals surface area (Å²) in [7, 11) is 1.75. The molecule has 0 heterocycles. The normalized spacial score (nSPS) is 11.8. The van der Waals surface area contributed by atoms with Gasteiger partial charge in [0, 0.05) is 19.2 Å². The number of hydrogen-bond donors (Lipinski definition) is 1. The third kappa shape index (κ3) is 5.34. The minimum Gasteiger partial charge on any atom is -0.482 e. The van der Waals surface area contributed by atoms with Gasteiger partial charge in [-0.15, -0.1) is 0 Å². The van der Waals surface area contributed by atoms with Gasteiger partial charge >= 0.3 is 5.97 Å². The van der Waals surface area contributed by atoms with Crippen molar-refractivity contribution in [3.8, 4) is 5.75 Å². The van der Waals surface area contributed by atoms with Crippen molar-refractivity contribution in [2.45, 2.75) is 26.2 Å². The van der Waals surface area contributed by atoms with Gasteiger partial charge < -0.3 is 14.7 Å². The van der Waals surface area contributed by atoms with Crippen molar-refractivity contribution in [1.29, 1.82) is 0 Å². The highest BCUT2D eigenvalue weighted by Crippen LogP contribution is 2.29. The Morgan fingerprint density at radius 3 is 2.19 bits per heavy atom. The first-order valence-corrected chi connectivity index (χ1v) is 8.64. The van der Waals surface area contributed by atoms with Crippen LogP contribution in [0.25, 0.3) is 0 Å². The van der Waals surface area contributed by atoms with E-state index in [1.54, 1.807) is 36.2 Å². The van der Waals surface area contributed by atoms with Gasteiger partial charge in [-0.3, -0.25) is 4.79 Å². The number of amides is 1. The average Bonchev–Trinajstić information content (AvgIpc) is 2.64. The standard InChI is InChI=1S/C21H25NO4/c1-15(2)19(16-7-5-4-6-8-16)13-20(23)22(3)17-9-11-18(12-10-17)26-14-21(24)25/h4-12,15,19H,13-14H2,1-3H3,(H,24,25). The summed E-state index contributed by atoms with van der Waals surface area (Å²) in [5.41, 5.74) is 1.91. The molecule has 2 aromatic carbocycles. The molecule has 5 nitrogen and oxygen atoms in total. The number of ether oxygens (including phenoxy) is 1. The van der Waals surface area contributed by atoms with E-state index in [1.807, 2.05) is 18.2 Å². The lowest BCUT2D eigenvalue weighted by Gasteiger charge is -2.24. The molecule has 138 valence electrons. The molecule has 0 fully saturated rings. The van der Waals surface area contributed by atoms with Crippen LogP contribution in [0.1, 0.15) is 31.7 Å². The second kappa shape index (κ2) is 9.04. The lowest BCUT2D eigenvalue weighted by molar-refractivity contribution is -0.139. The molecule has 5 heteroatoms. The van der Waals surface area contributed by atoms with E-state index in [2.05, 4.69) is 26.0 Å². The Morgan fingerprint density at radius 1 is 1.04 bits per heavy atom. The maximum Gasteiger partial charge on any atom is 0.341 e. The fraction of sp³-hybridized carbons (Fsp3) is 0.333. The Hall–Kier alpha value is -2.82. The topological polar surface area (TPSA) is 66.8 Å². The average molecular weight is 355 g/mol. The van der Waals surface area contributed by atoms with Crippen molar-refractivity contribution in [3.63, 3.8) is 0 Å². The van der Waals surface area contributed by atoms with Gasteiger partial charge in [-0.2, -0.15) is 0 Å². The Balaban J connectivity index is 2.04. The minimum atomic E-state index is -1.03. The summed E-state index contributed by atoms with van der Waals surface area (Å²) >= 11 is 0. The van der Waals surface area contributed by atoms with E-state index < -0.39 is 5.97 Å².